The lowest BCUT2D eigenvalue weighted by molar-refractivity contribution is 0.263. The fraction of sp³-hybridized carbons (Fsp3) is 0.571. The van der Waals surface area contributed by atoms with E-state index in [-0.39, 0.29) is 14.9 Å². The molecule has 0 unspecified atom stereocenters. The Morgan fingerprint density at radius 1 is 1.24 bits per heavy atom. The van der Waals surface area contributed by atoms with Crippen molar-refractivity contribution in [2.75, 3.05) is 26.7 Å². The fourth-order valence-electron chi connectivity index (χ4n) is 2.64. The Morgan fingerprint density at radius 2 is 1.81 bits per heavy atom. The Hall–Kier alpha value is -0.330. The number of piperidine rings is 1. The lowest BCUT2D eigenvalue weighted by Crippen LogP contribution is -2.39. The first-order chi connectivity index (χ1) is 9.96. The van der Waals surface area contributed by atoms with E-state index in [2.05, 4.69) is 5.32 Å². The van der Waals surface area contributed by atoms with E-state index in [4.69, 9.17) is 23.2 Å². The summed E-state index contributed by atoms with van der Waals surface area (Å²) in [4.78, 5) is 0.0296. The van der Waals surface area contributed by atoms with Gasteiger partial charge in [0.2, 0.25) is 10.0 Å². The average Bonchev–Trinajstić information content (AvgIpc) is 2.45. The van der Waals surface area contributed by atoms with Gasteiger partial charge in [0.15, 0.2) is 0 Å². The van der Waals surface area contributed by atoms with Gasteiger partial charge in [0.1, 0.15) is 4.90 Å². The number of hydrogen-bond acceptors (Lipinski definition) is 3. The summed E-state index contributed by atoms with van der Waals surface area (Å²) in [7, 11) is -1.68. The van der Waals surface area contributed by atoms with Crippen LogP contribution in [0.25, 0.3) is 0 Å². The molecule has 4 nitrogen and oxygen atoms in total. The topological polar surface area (TPSA) is 49.4 Å². The molecule has 1 heterocycles. The predicted molar refractivity (Wildman–Crippen MR) is 86.5 cm³/mol. The molecule has 1 aromatic carbocycles. The van der Waals surface area contributed by atoms with Crippen molar-refractivity contribution < 1.29 is 8.42 Å². The maximum atomic E-state index is 12.7. The van der Waals surface area contributed by atoms with Gasteiger partial charge in [0, 0.05) is 13.1 Å². The highest BCUT2D eigenvalue weighted by Gasteiger charge is 2.32. The molecule has 0 aliphatic carbocycles. The van der Waals surface area contributed by atoms with E-state index in [1.54, 1.807) is 18.2 Å². The number of sulfonamides is 1. The van der Waals surface area contributed by atoms with Gasteiger partial charge in [0.25, 0.3) is 0 Å². The maximum Gasteiger partial charge on any atom is 0.246 e. The molecule has 1 N–H and O–H groups in total. The monoisotopic (exact) mass is 350 g/mol. The second-order valence-corrected chi connectivity index (χ2v) is 7.98. The Balaban J connectivity index is 2.12. The minimum absolute atomic E-state index is 0.0296. The highest BCUT2D eigenvalue weighted by molar-refractivity contribution is 7.89. The number of rotatable bonds is 5. The summed E-state index contributed by atoms with van der Waals surface area (Å²) in [6.45, 7) is 2.02. The van der Waals surface area contributed by atoms with Crippen molar-refractivity contribution in [3.8, 4) is 0 Å². The van der Waals surface area contributed by atoms with Crippen LogP contribution in [0.4, 0.5) is 0 Å². The fourth-order valence-corrected chi connectivity index (χ4v) is 5.21. The van der Waals surface area contributed by atoms with Crippen LogP contribution < -0.4 is 5.32 Å². The van der Waals surface area contributed by atoms with Gasteiger partial charge in [-0.3, -0.25) is 0 Å². The summed E-state index contributed by atoms with van der Waals surface area (Å²) < 4.78 is 26.9. The third-order valence-electron chi connectivity index (χ3n) is 3.89. The van der Waals surface area contributed by atoms with E-state index in [1.165, 1.54) is 4.31 Å². The highest BCUT2D eigenvalue weighted by Crippen LogP contribution is 2.33. The highest BCUT2D eigenvalue weighted by atomic mass is 35.5. The molecule has 1 aliphatic rings. The van der Waals surface area contributed by atoms with E-state index < -0.39 is 10.0 Å². The van der Waals surface area contributed by atoms with Crippen LogP contribution in [-0.4, -0.2) is 39.4 Å². The molecule has 0 radical (unpaired) electrons. The van der Waals surface area contributed by atoms with Gasteiger partial charge in [-0.1, -0.05) is 29.3 Å². The summed E-state index contributed by atoms with van der Waals surface area (Å²) in [6.07, 6.45) is 2.84. The first-order valence-electron chi connectivity index (χ1n) is 7.05. The first-order valence-corrected chi connectivity index (χ1v) is 9.25. The molecule has 1 saturated heterocycles. The molecule has 1 aliphatic heterocycles. The molecule has 1 fully saturated rings. The zero-order valence-corrected chi connectivity index (χ0v) is 14.3. The minimum atomic E-state index is -3.61. The molecule has 0 amide bonds. The quantitative estimate of drug-likeness (QED) is 0.887. The van der Waals surface area contributed by atoms with Crippen molar-refractivity contribution in [1.82, 2.24) is 9.62 Å². The molecule has 118 valence electrons. The van der Waals surface area contributed by atoms with Crippen molar-refractivity contribution in [3.63, 3.8) is 0 Å². The summed E-state index contributed by atoms with van der Waals surface area (Å²) in [6, 6.07) is 4.76. The molecule has 0 saturated carbocycles. The second-order valence-electron chi connectivity index (χ2n) is 5.29. The Morgan fingerprint density at radius 3 is 2.33 bits per heavy atom. The third kappa shape index (κ3) is 3.90. The van der Waals surface area contributed by atoms with Crippen LogP contribution in [0.5, 0.6) is 0 Å². The molecule has 1 aromatic rings. The Labute approximate surface area is 136 Å². The van der Waals surface area contributed by atoms with Crippen molar-refractivity contribution in [2.45, 2.75) is 24.2 Å². The van der Waals surface area contributed by atoms with Crippen LogP contribution in [0.1, 0.15) is 19.3 Å². The SMILES string of the molecule is CNCCC1CCN(S(=O)(=O)c2c(Cl)cccc2Cl)CC1. The molecule has 0 spiro atoms. The van der Waals surface area contributed by atoms with Gasteiger partial charge in [0.05, 0.1) is 10.0 Å². The third-order valence-corrected chi connectivity index (χ3v) is 6.75. The molecule has 21 heavy (non-hydrogen) atoms. The van der Waals surface area contributed by atoms with Gasteiger partial charge in [-0.05, 0) is 50.9 Å². The van der Waals surface area contributed by atoms with E-state index in [1.807, 2.05) is 7.05 Å². The average molecular weight is 351 g/mol. The summed E-state index contributed by atoms with van der Waals surface area (Å²) >= 11 is 12.1. The van der Waals surface area contributed by atoms with Gasteiger partial charge >= 0.3 is 0 Å². The molecule has 0 atom stereocenters. The van der Waals surface area contributed by atoms with E-state index >= 15 is 0 Å². The molecule has 7 heteroatoms. The number of nitrogens with zero attached hydrogens (tertiary/aromatic N) is 1. The van der Waals surface area contributed by atoms with Crippen molar-refractivity contribution in [2.24, 2.45) is 5.92 Å². The standard InChI is InChI=1S/C14H20Cl2N2O2S/c1-17-8-5-11-6-9-18(10-7-11)21(19,20)14-12(15)3-2-4-13(14)16/h2-4,11,17H,5-10H2,1H3. The lowest BCUT2D eigenvalue weighted by atomic mass is 9.95. The van der Waals surface area contributed by atoms with Gasteiger partial charge in [-0.25, -0.2) is 8.42 Å². The predicted octanol–water partition coefficient (Wildman–Crippen LogP) is 3.00. The Bertz CT molecular complexity index is 564. The van der Waals surface area contributed by atoms with E-state index in [0.717, 1.165) is 25.8 Å². The summed E-state index contributed by atoms with van der Waals surface area (Å²) in [5, 5.41) is 3.49. The van der Waals surface area contributed by atoms with Crippen LogP contribution in [-0.2, 0) is 10.0 Å². The number of halogens is 2. The van der Waals surface area contributed by atoms with Gasteiger partial charge in [-0.15, -0.1) is 0 Å². The molecule has 0 aromatic heterocycles. The molecular formula is C14H20Cl2N2O2S. The van der Waals surface area contributed by atoms with Crippen LogP contribution in [0.15, 0.2) is 23.1 Å². The van der Waals surface area contributed by atoms with Crippen LogP contribution in [0, 0.1) is 5.92 Å². The Kier molecular flexibility index (Phi) is 5.91. The second kappa shape index (κ2) is 7.29. The number of benzene rings is 1. The molecular weight excluding hydrogens is 331 g/mol. The normalized spacial score (nSPS) is 18.0. The van der Waals surface area contributed by atoms with Crippen LogP contribution in [0.2, 0.25) is 10.0 Å². The van der Waals surface area contributed by atoms with Crippen LogP contribution >= 0.6 is 23.2 Å². The largest absolute Gasteiger partial charge is 0.320 e. The minimum Gasteiger partial charge on any atom is -0.320 e. The maximum absolute atomic E-state index is 12.7. The van der Waals surface area contributed by atoms with Crippen molar-refractivity contribution in [3.05, 3.63) is 28.2 Å². The van der Waals surface area contributed by atoms with Crippen molar-refractivity contribution >= 4 is 33.2 Å². The summed E-state index contributed by atoms with van der Waals surface area (Å²) in [5.74, 6) is 0.575. The zero-order chi connectivity index (χ0) is 15.5. The van der Waals surface area contributed by atoms with E-state index in [0.29, 0.717) is 19.0 Å². The number of hydrogen-bond donors (Lipinski definition) is 1. The summed E-state index contributed by atoms with van der Waals surface area (Å²) in [5.41, 5.74) is 0. The van der Waals surface area contributed by atoms with Crippen molar-refractivity contribution in [1.29, 1.82) is 0 Å². The first kappa shape index (κ1) is 17.0. The number of nitrogens with one attached hydrogen (secondary N) is 1. The smallest absolute Gasteiger partial charge is 0.246 e. The van der Waals surface area contributed by atoms with Crippen LogP contribution in [0.3, 0.4) is 0 Å². The van der Waals surface area contributed by atoms with Gasteiger partial charge < -0.3 is 5.32 Å². The lowest BCUT2D eigenvalue weighted by Gasteiger charge is -2.31. The zero-order valence-electron chi connectivity index (χ0n) is 12.0. The molecule has 0 bridgehead atoms. The molecule has 2 rings (SSSR count). The van der Waals surface area contributed by atoms with Gasteiger partial charge in [-0.2, -0.15) is 4.31 Å². The van der Waals surface area contributed by atoms with E-state index in [9.17, 15) is 8.42 Å².